The number of aromatic nitrogens is 1. The van der Waals surface area contributed by atoms with Crippen molar-refractivity contribution in [3.05, 3.63) is 40.8 Å². The number of nitrogens with zero attached hydrogens (tertiary/aromatic N) is 1. The number of methoxy groups -OCH3 is 1. The van der Waals surface area contributed by atoms with Gasteiger partial charge < -0.3 is 14.6 Å². The average molecular weight is 288 g/mol. The average Bonchev–Trinajstić information content (AvgIpc) is 2.86. The second-order valence-corrected chi connectivity index (χ2v) is 5.36. The Morgan fingerprint density at radius 2 is 1.90 bits per heavy atom. The minimum absolute atomic E-state index is 0.155. The van der Waals surface area contributed by atoms with Gasteiger partial charge >= 0.3 is 0 Å². The van der Waals surface area contributed by atoms with Gasteiger partial charge in [-0.25, -0.2) is 0 Å². The number of amides is 1. The van der Waals surface area contributed by atoms with E-state index in [1.54, 1.807) is 7.11 Å². The van der Waals surface area contributed by atoms with E-state index in [0.29, 0.717) is 17.0 Å². The van der Waals surface area contributed by atoms with E-state index in [0.717, 1.165) is 16.9 Å². The zero-order valence-electron chi connectivity index (χ0n) is 13.0. The second kappa shape index (κ2) is 5.99. The van der Waals surface area contributed by atoms with Crippen molar-refractivity contribution >= 4 is 11.6 Å². The molecule has 5 heteroatoms. The third-order valence-corrected chi connectivity index (χ3v) is 3.30. The van der Waals surface area contributed by atoms with Crippen molar-refractivity contribution in [1.82, 2.24) is 5.16 Å². The van der Waals surface area contributed by atoms with Crippen LogP contribution in [0, 0.1) is 13.8 Å². The summed E-state index contributed by atoms with van der Waals surface area (Å²) < 4.78 is 10.5. The Balaban J connectivity index is 2.27. The summed E-state index contributed by atoms with van der Waals surface area (Å²) in [5.74, 6) is 1.45. The third-order valence-electron chi connectivity index (χ3n) is 3.30. The minimum atomic E-state index is -0.186. The molecule has 5 nitrogen and oxygen atoms in total. The fraction of sp³-hybridized carbons (Fsp3) is 0.375. The molecular weight excluding hydrogens is 268 g/mol. The molecule has 1 heterocycles. The van der Waals surface area contributed by atoms with Crippen molar-refractivity contribution < 1.29 is 14.1 Å². The van der Waals surface area contributed by atoms with E-state index in [1.807, 2.05) is 39.8 Å². The van der Waals surface area contributed by atoms with E-state index in [-0.39, 0.29) is 11.8 Å². The number of ether oxygens (including phenoxy) is 1. The minimum Gasteiger partial charge on any atom is -0.496 e. The number of carbonyl (C=O) groups is 1. The highest BCUT2D eigenvalue weighted by Gasteiger charge is 2.16. The number of anilines is 1. The predicted molar refractivity (Wildman–Crippen MR) is 81.0 cm³/mol. The molecule has 0 saturated carbocycles. The standard InChI is InChI=1S/C16H20N2O3/c1-9(2)14-13(8-17-21-14)18-16(19)12-6-10(3)15(20-5)11(4)7-12/h6-9H,1-5H3,(H,18,19). The van der Waals surface area contributed by atoms with Crippen LogP contribution in [-0.4, -0.2) is 18.2 Å². The third kappa shape index (κ3) is 3.07. The van der Waals surface area contributed by atoms with Crippen LogP contribution in [0.15, 0.2) is 22.9 Å². The topological polar surface area (TPSA) is 64.4 Å². The van der Waals surface area contributed by atoms with E-state index < -0.39 is 0 Å². The Hall–Kier alpha value is -2.30. The summed E-state index contributed by atoms with van der Waals surface area (Å²) in [5.41, 5.74) is 3.05. The lowest BCUT2D eigenvalue weighted by molar-refractivity contribution is 0.102. The number of carbonyl (C=O) groups excluding carboxylic acids is 1. The molecular formula is C16H20N2O3. The summed E-state index contributed by atoms with van der Waals surface area (Å²) in [5, 5.41) is 6.59. The molecule has 0 spiro atoms. The maximum atomic E-state index is 12.4. The van der Waals surface area contributed by atoms with Gasteiger partial charge in [-0.2, -0.15) is 0 Å². The van der Waals surface area contributed by atoms with Crippen LogP contribution in [0.4, 0.5) is 5.69 Å². The van der Waals surface area contributed by atoms with Gasteiger partial charge in [-0.15, -0.1) is 0 Å². The molecule has 0 radical (unpaired) electrons. The Morgan fingerprint density at radius 1 is 1.29 bits per heavy atom. The summed E-state index contributed by atoms with van der Waals surface area (Å²) >= 11 is 0. The van der Waals surface area contributed by atoms with Crippen molar-refractivity contribution in [3.8, 4) is 5.75 Å². The van der Waals surface area contributed by atoms with Crippen LogP contribution < -0.4 is 10.1 Å². The largest absolute Gasteiger partial charge is 0.496 e. The molecule has 2 rings (SSSR count). The maximum absolute atomic E-state index is 12.4. The van der Waals surface area contributed by atoms with Crippen molar-refractivity contribution in [1.29, 1.82) is 0 Å². The van der Waals surface area contributed by atoms with Gasteiger partial charge in [0.2, 0.25) is 0 Å². The smallest absolute Gasteiger partial charge is 0.255 e. The molecule has 2 aromatic rings. The van der Waals surface area contributed by atoms with E-state index in [2.05, 4.69) is 10.5 Å². The highest BCUT2D eigenvalue weighted by Crippen LogP contribution is 2.26. The first kappa shape index (κ1) is 15.1. The molecule has 1 aromatic heterocycles. The first-order valence-electron chi connectivity index (χ1n) is 6.85. The maximum Gasteiger partial charge on any atom is 0.255 e. The Labute approximate surface area is 124 Å². The Bertz CT molecular complexity index is 636. The van der Waals surface area contributed by atoms with Crippen LogP contribution in [0.3, 0.4) is 0 Å². The van der Waals surface area contributed by atoms with Crippen LogP contribution in [0.1, 0.15) is 47.0 Å². The summed E-state index contributed by atoms with van der Waals surface area (Å²) in [4.78, 5) is 12.4. The molecule has 0 aliphatic carbocycles. The SMILES string of the molecule is COc1c(C)cc(C(=O)Nc2cnoc2C(C)C)cc1C. The lowest BCUT2D eigenvalue weighted by Gasteiger charge is -2.11. The second-order valence-electron chi connectivity index (χ2n) is 5.36. The van der Waals surface area contributed by atoms with Gasteiger partial charge in [-0.05, 0) is 37.1 Å². The fourth-order valence-corrected chi connectivity index (χ4v) is 2.36. The predicted octanol–water partition coefficient (Wildman–Crippen LogP) is 3.68. The molecule has 0 saturated heterocycles. The number of hydrogen-bond acceptors (Lipinski definition) is 4. The lowest BCUT2D eigenvalue weighted by Crippen LogP contribution is -2.13. The molecule has 1 N–H and O–H groups in total. The van der Waals surface area contributed by atoms with Crippen LogP contribution >= 0.6 is 0 Å². The molecule has 0 fully saturated rings. The molecule has 0 atom stereocenters. The monoisotopic (exact) mass is 288 g/mol. The quantitative estimate of drug-likeness (QED) is 0.932. The van der Waals surface area contributed by atoms with E-state index in [1.165, 1.54) is 6.20 Å². The molecule has 21 heavy (non-hydrogen) atoms. The van der Waals surface area contributed by atoms with Gasteiger partial charge in [-0.1, -0.05) is 19.0 Å². The molecule has 0 aliphatic rings. The number of rotatable bonds is 4. The van der Waals surface area contributed by atoms with Crippen molar-refractivity contribution in [3.63, 3.8) is 0 Å². The lowest BCUT2D eigenvalue weighted by atomic mass is 10.0. The molecule has 1 aromatic carbocycles. The van der Waals surface area contributed by atoms with Gasteiger partial charge in [0.1, 0.15) is 11.4 Å². The summed E-state index contributed by atoms with van der Waals surface area (Å²) in [6.45, 7) is 7.80. The van der Waals surface area contributed by atoms with Crippen LogP contribution in [0.25, 0.3) is 0 Å². The highest BCUT2D eigenvalue weighted by molar-refractivity contribution is 6.04. The summed E-state index contributed by atoms with van der Waals surface area (Å²) in [7, 11) is 1.63. The summed E-state index contributed by atoms with van der Waals surface area (Å²) in [6.07, 6.45) is 1.52. The number of nitrogens with one attached hydrogen (secondary N) is 1. The zero-order chi connectivity index (χ0) is 15.6. The normalized spacial score (nSPS) is 10.8. The number of benzene rings is 1. The van der Waals surface area contributed by atoms with Gasteiger partial charge in [-0.3, -0.25) is 4.79 Å². The van der Waals surface area contributed by atoms with Gasteiger partial charge in [0.25, 0.3) is 5.91 Å². The van der Waals surface area contributed by atoms with Gasteiger partial charge in [0.05, 0.1) is 13.3 Å². The zero-order valence-corrected chi connectivity index (χ0v) is 13.0. The first-order chi connectivity index (χ1) is 9.93. The van der Waals surface area contributed by atoms with Crippen LogP contribution in [-0.2, 0) is 0 Å². The van der Waals surface area contributed by atoms with Crippen molar-refractivity contribution in [2.75, 3.05) is 12.4 Å². The number of aryl methyl sites for hydroxylation is 2. The molecule has 0 aliphatic heterocycles. The first-order valence-corrected chi connectivity index (χ1v) is 6.85. The van der Waals surface area contributed by atoms with E-state index >= 15 is 0 Å². The van der Waals surface area contributed by atoms with Gasteiger partial charge in [0, 0.05) is 11.5 Å². The van der Waals surface area contributed by atoms with Gasteiger partial charge in [0.15, 0.2) is 5.76 Å². The van der Waals surface area contributed by atoms with Crippen LogP contribution in [0.5, 0.6) is 5.75 Å². The number of hydrogen-bond donors (Lipinski definition) is 1. The van der Waals surface area contributed by atoms with Crippen molar-refractivity contribution in [2.24, 2.45) is 0 Å². The Kier molecular flexibility index (Phi) is 4.31. The van der Waals surface area contributed by atoms with E-state index in [9.17, 15) is 4.79 Å². The van der Waals surface area contributed by atoms with E-state index in [4.69, 9.17) is 9.26 Å². The van der Waals surface area contributed by atoms with Crippen LogP contribution in [0.2, 0.25) is 0 Å². The molecule has 0 bridgehead atoms. The Morgan fingerprint density at radius 3 is 2.43 bits per heavy atom. The molecule has 0 unspecified atom stereocenters. The molecule has 112 valence electrons. The highest BCUT2D eigenvalue weighted by atomic mass is 16.5. The summed E-state index contributed by atoms with van der Waals surface area (Å²) in [6, 6.07) is 3.62. The molecule has 1 amide bonds. The fourth-order valence-electron chi connectivity index (χ4n) is 2.36. The van der Waals surface area contributed by atoms with Crippen molar-refractivity contribution in [2.45, 2.75) is 33.6 Å².